The molecule has 3 fully saturated rings. The van der Waals surface area contributed by atoms with Gasteiger partial charge < -0.3 is 24.8 Å². The molecule has 1 amide bonds. The molecule has 1 spiro atoms. The molecule has 3 saturated heterocycles. The number of fused-ring (bicyclic) bond motifs is 2. The number of rotatable bonds is 4. The van der Waals surface area contributed by atoms with Crippen molar-refractivity contribution < 1.29 is 9.53 Å². The SMILES string of the molecule is CC(C)(C)OC(=O)N1CCN(c2nccc(-c3ccc4c(c3)C(C)(C)CCC4(C)C)n2)CC1.CC1(C)CCC(C)(C)c2cc(-c3cccc(N4CCC5(CCNC5)CC4)n3)ccc21.Cl.Cl. The van der Waals surface area contributed by atoms with E-state index in [-0.39, 0.29) is 52.6 Å². The van der Waals surface area contributed by atoms with Crippen molar-refractivity contribution in [1.29, 1.82) is 0 Å². The van der Waals surface area contributed by atoms with E-state index in [1.165, 1.54) is 85.9 Å². The molecule has 65 heavy (non-hydrogen) atoms. The van der Waals surface area contributed by atoms with E-state index >= 15 is 0 Å². The van der Waals surface area contributed by atoms with Crippen molar-refractivity contribution in [3.05, 3.63) is 89.1 Å². The van der Waals surface area contributed by atoms with Gasteiger partial charge in [-0.1, -0.05) is 85.7 Å². The van der Waals surface area contributed by atoms with Crippen molar-refractivity contribution in [3.63, 3.8) is 0 Å². The normalized spacial score (nSPS) is 21.1. The minimum atomic E-state index is -0.482. The second kappa shape index (κ2) is 19.0. The number of hydrogen-bond donors (Lipinski definition) is 1. The molecular weight excluding hydrogens is 850 g/mol. The number of ether oxygens (including phenoxy) is 1. The molecule has 0 radical (unpaired) electrons. The summed E-state index contributed by atoms with van der Waals surface area (Å²) in [6, 6.07) is 22.5. The van der Waals surface area contributed by atoms with Crippen LogP contribution in [0.1, 0.15) is 143 Å². The Labute approximate surface area is 403 Å². The van der Waals surface area contributed by atoms with E-state index in [0.29, 0.717) is 37.5 Å². The number of carbonyl (C=O) groups is 1. The highest BCUT2D eigenvalue weighted by Crippen LogP contribution is 2.48. The summed E-state index contributed by atoms with van der Waals surface area (Å²) in [5.74, 6) is 1.86. The summed E-state index contributed by atoms with van der Waals surface area (Å²) in [7, 11) is 0. The van der Waals surface area contributed by atoms with E-state index in [1.807, 2.05) is 33.0 Å². The molecule has 2 aromatic carbocycles. The maximum atomic E-state index is 12.4. The van der Waals surface area contributed by atoms with Crippen molar-refractivity contribution in [2.24, 2.45) is 5.41 Å². The molecule has 0 bridgehead atoms. The minimum Gasteiger partial charge on any atom is -0.444 e. The Morgan fingerprint density at radius 2 is 1.12 bits per heavy atom. The highest BCUT2D eigenvalue weighted by Gasteiger charge is 2.40. The fourth-order valence-corrected chi connectivity index (χ4v) is 10.8. The Morgan fingerprint density at radius 1 is 0.600 bits per heavy atom. The van der Waals surface area contributed by atoms with E-state index in [9.17, 15) is 4.79 Å². The summed E-state index contributed by atoms with van der Waals surface area (Å²) in [5, 5.41) is 3.57. The molecule has 0 atom stereocenters. The Hall–Kier alpha value is -3.92. The quantitative estimate of drug-likeness (QED) is 0.217. The lowest BCUT2D eigenvalue weighted by molar-refractivity contribution is 0.0240. The topological polar surface area (TPSA) is 86.7 Å². The molecule has 3 aliphatic heterocycles. The highest BCUT2D eigenvalue weighted by atomic mass is 35.5. The maximum absolute atomic E-state index is 12.4. The van der Waals surface area contributed by atoms with E-state index in [1.54, 1.807) is 4.90 Å². The number of halogens is 2. The zero-order valence-electron chi connectivity index (χ0n) is 41.3. The van der Waals surface area contributed by atoms with Crippen molar-refractivity contribution in [3.8, 4) is 22.5 Å². The number of aromatic nitrogens is 3. The summed E-state index contributed by atoms with van der Waals surface area (Å²) in [5.41, 5.74) is 11.3. The molecule has 4 aromatic rings. The average molecular weight is 927 g/mol. The van der Waals surface area contributed by atoms with E-state index < -0.39 is 5.60 Å². The lowest BCUT2D eigenvalue weighted by Gasteiger charge is -2.42. The first-order valence-electron chi connectivity index (χ1n) is 23.9. The molecule has 0 unspecified atom stereocenters. The fraction of sp³-hybridized carbons (Fsp3) is 0.593. The molecule has 354 valence electrons. The van der Waals surface area contributed by atoms with Gasteiger partial charge in [0.25, 0.3) is 0 Å². The first-order chi connectivity index (χ1) is 29.6. The van der Waals surface area contributed by atoms with Crippen LogP contribution in [-0.2, 0) is 26.4 Å². The standard InChI is InChI=1S/C27H38N4O2.C27H37N3.2ClH/c1-25(2,3)33-24(32)31-16-14-30(15-17-31)23-28-13-10-22(29-23)19-8-9-20-21(18-19)27(6,7)12-11-26(20,4)5;1-25(2)10-11-26(3,4)22-18-20(8-9-21(22)25)23-6-5-7-24(29-23)30-16-13-27(14-17-30)12-15-28-19-27;;/h8-10,13,18H,11-12,14-17H2,1-7H3;5-9,18,28H,10-17,19H2,1-4H3;2*1H. The molecule has 5 aliphatic rings. The fourth-order valence-electron chi connectivity index (χ4n) is 10.8. The van der Waals surface area contributed by atoms with Crippen LogP contribution in [0.25, 0.3) is 22.5 Å². The predicted molar refractivity (Wildman–Crippen MR) is 274 cm³/mol. The van der Waals surface area contributed by atoms with Gasteiger partial charge in [0, 0.05) is 63.1 Å². The highest BCUT2D eigenvalue weighted by molar-refractivity contribution is 5.85. The lowest BCUT2D eigenvalue weighted by atomic mass is 9.63. The molecule has 0 saturated carbocycles. The van der Waals surface area contributed by atoms with Crippen LogP contribution in [0.2, 0.25) is 0 Å². The predicted octanol–water partition coefficient (Wildman–Crippen LogP) is 12.1. The lowest BCUT2D eigenvalue weighted by Crippen LogP contribution is -2.50. The van der Waals surface area contributed by atoms with Gasteiger partial charge in [0.2, 0.25) is 5.95 Å². The van der Waals surface area contributed by atoms with Crippen LogP contribution in [0.5, 0.6) is 0 Å². The van der Waals surface area contributed by atoms with Crippen LogP contribution in [0.3, 0.4) is 0 Å². The Morgan fingerprint density at radius 3 is 1.63 bits per heavy atom. The van der Waals surface area contributed by atoms with Gasteiger partial charge in [-0.3, -0.25) is 0 Å². The van der Waals surface area contributed by atoms with Crippen LogP contribution in [0.15, 0.2) is 66.9 Å². The maximum Gasteiger partial charge on any atom is 0.410 e. The minimum absolute atomic E-state index is 0. The first kappa shape index (κ1) is 50.5. The number of piperazine rings is 1. The summed E-state index contributed by atoms with van der Waals surface area (Å²) >= 11 is 0. The van der Waals surface area contributed by atoms with Crippen LogP contribution in [0, 0.1) is 5.41 Å². The van der Waals surface area contributed by atoms with Crippen LogP contribution < -0.4 is 15.1 Å². The summed E-state index contributed by atoms with van der Waals surface area (Å²) in [6.45, 7) is 31.9. The summed E-state index contributed by atoms with van der Waals surface area (Å²) in [6.07, 6.45) is 10.4. The Kier molecular flexibility index (Phi) is 14.8. The first-order valence-corrected chi connectivity index (χ1v) is 23.9. The van der Waals surface area contributed by atoms with Gasteiger partial charge in [-0.05, 0) is 152 Å². The van der Waals surface area contributed by atoms with Crippen LogP contribution in [-0.4, -0.2) is 83.9 Å². The number of piperidine rings is 1. The zero-order chi connectivity index (χ0) is 45.0. The van der Waals surface area contributed by atoms with E-state index in [0.717, 1.165) is 35.9 Å². The second-order valence-electron chi connectivity index (χ2n) is 23.0. The number of nitrogens with one attached hydrogen (secondary N) is 1. The van der Waals surface area contributed by atoms with Gasteiger partial charge in [0.1, 0.15) is 11.4 Å². The van der Waals surface area contributed by atoms with Gasteiger partial charge in [0.05, 0.1) is 11.4 Å². The molecule has 2 aromatic heterocycles. The van der Waals surface area contributed by atoms with Gasteiger partial charge in [0.15, 0.2) is 0 Å². The van der Waals surface area contributed by atoms with E-state index in [2.05, 4.69) is 130 Å². The zero-order valence-corrected chi connectivity index (χ0v) is 42.9. The number of carbonyl (C=O) groups excluding carboxylic acids is 1. The van der Waals surface area contributed by atoms with Gasteiger partial charge in [-0.15, -0.1) is 24.8 Å². The molecule has 9 rings (SSSR count). The molecule has 1 N–H and O–H groups in total. The molecule has 2 aliphatic carbocycles. The van der Waals surface area contributed by atoms with Crippen LogP contribution in [0.4, 0.5) is 16.6 Å². The summed E-state index contributed by atoms with van der Waals surface area (Å²) in [4.78, 5) is 33.3. The van der Waals surface area contributed by atoms with Gasteiger partial charge >= 0.3 is 6.09 Å². The number of pyridine rings is 1. The number of hydrogen-bond acceptors (Lipinski definition) is 8. The van der Waals surface area contributed by atoms with Gasteiger partial charge in [-0.2, -0.15) is 0 Å². The van der Waals surface area contributed by atoms with E-state index in [4.69, 9.17) is 14.7 Å². The van der Waals surface area contributed by atoms with Crippen molar-refractivity contribution in [1.82, 2.24) is 25.2 Å². The average Bonchev–Trinajstić information content (AvgIpc) is 3.71. The third-order valence-electron chi connectivity index (χ3n) is 15.4. The molecular formula is C54H77Cl2N7O2. The van der Waals surface area contributed by atoms with Crippen LogP contribution >= 0.6 is 24.8 Å². The second-order valence-corrected chi connectivity index (χ2v) is 23.0. The molecule has 11 heteroatoms. The van der Waals surface area contributed by atoms with Crippen molar-refractivity contribution in [2.45, 2.75) is 148 Å². The number of anilines is 2. The Bertz CT molecular complexity index is 2290. The van der Waals surface area contributed by atoms with Crippen molar-refractivity contribution in [2.75, 3.05) is 62.2 Å². The number of amides is 1. The molecule has 9 nitrogen and oxygen atoms in total. The number of benzene rings is 2. The molecule has 5 heterocycles. The van der Waals surface area contributed by atoms with Gasteiger partial charge in [-0.25, -0.2) is 19.7 Å². The number of nitrogens with zero attached hydrogens (tertiary/aromatic N) is 6. The van der Waals surface area contributed by atoms with Crippen molar-refractivity contribution >= 4 is 42.7 Å². The summed E-state index contributed by atoms with van der Waals surface area (Å²) < 4.78 is 5.51. The third-order valence-corrected chi connectivity index (χ3v) is 15.4. The smallest absolute Gasteiger partial charge is 0.410 e. The third kappa shape index (κ3) is 10.9. The Balaban J connectivity index is 0.000000210. The largest absolute Gasteiger partial charge is 0.444 e. The monoisotopic (exact) mass is 926 g/mol.